The number of nitrogens with one attached hydrogen (secondary N) is 2. The van der Waals surface area contributed by atoms with Gasteiger partial charge in [0.2, 0.25) is 0 Å². The highest BCUT2D eigenvalue weighted by molar-refractivity contribution is 6.00. The first-order chi connectivity index (χ1) is 18.3. The number of rotatable bonds is 7. The molecule has 0 unspecified atom stereocenters. The zero-order chi connectivity index (χ0) is 27.2. The Kier molecular flexibility index (Phi) is 10.3. The monoisotopic (exact) mass is 562 g/mol. The van der Waals surface area contributed by atoms with Crippen LogP contribution in [0.25, 0.3) is 0 Å². The summed E-state index contributed by atoms with van der Waals surface area (Å²) in [6.45, 7) is 1.82. The van der Waals surface area contributed by atoms with Gasteiger partial charge in [-0.1, -0.05) is 30.3 Å². The molecular formula is C28H33ClF2N4O4. The Morgan fingerprint density at radius 3 is 2.41 bits per heavy atom. The molecule has 4 rings (SSSR count). The summed E-state index contributed by atoms with van der Waals surface area (Å²) in [4.78, 5) is 40.1. The van der Waals surface area contributed by atoms with Crippen molar-refractivity contribution in [3.05, 3.63) is 77.0 Å². The van der Waals surface area contributed by atoms with E-state index in [0.29, 0.717) is 23.8 Å². The van der Waals surface area contributed by atoms with Crippen molar-refractivity contribution >= 4 is 36.1 Å². The maximum absolute atomic E-state index is 14.1. The highest BCUT2D eigenvalue weighted by Crippen LogP contribution is 2.36. The topological polar surface area (TPSA) is 91.0 Å². The number of benzene rings is 2. The Morgan fingerprint density at radius 2 is 1.77 bits per heavy atom. The van der Waals surface area contributed by atoms with Gasteiger partial charge in [0.1, 0.15) is 0 Å². The summed E-state index contributed by atoms with van der Waals surface area (Å²) in [7, 11) is 1.23. The van der Waals surface area contributed by atoms with Crippen LogP contribution >= 0.6 is 12.4 Å². The number of ether oxygens (including phenoxy) is 1. The standard InChI is InChI=1S/C28H32F2N4O4.ClH/c1-18-23(26(35)38-2)17-34(28(37)32-18)27(36)31-14-15-33(22-12-13-24(29)25(30)16-22)21-10-8-20(9-11-21)19-6-4-3-5-7-19;/h3-7,12-13,16,20-21H,8-11,14-15,17H2,1-2H3,(H,31,36)(H,32,37);1H. The van der Waals surface area contributed by atoms with E-state index in [-0.39, 0.29) is 37.1 Å². The van der Waals surface area contributed by atoms with Crippen LogP contribution in [0.2, 0.25) is 0 Å². The number of allylic oxidation sites excluding steroid dienone is 1. The van der Waals surface area contributed by atoms with Crippen LogP contribution in [0.1, 0.15) is 44.1 Å². The summed E-state index contributed by atoms with van der Waals surface area (Å²) in [5, 5.41) is 5.22. The summed E-state index contributed by atoms with van der Waals surface area (Å²) in [6.07, 6.45) is 3.62. The number of hydrogen-bond acceptors (Lipinski definition) is 5. The molecule has 1 fully saturated rings. The summed E-state index contributed by atoms with van der Waals surface area (Å²) < 4.78 is 32.5. The molecule has 1 saturated carbocycles. The van der Waals surface area contributed by atoms with Crippen molar-refractivity contribution in [3.63, 3.8) is 0 Å². The molecule has 39 heavy (non-hydrogen) atoms. The minimum Gasteiger partial charge on any atom is -0.466 e. The lowest BCUT2D eigenvalue weighted by atomic mass is 9.81. The van der Waals surface area contributed by atoms with Gasteiger partial charge in [0, 0.05) is 36.6 Å². The average molecular weight is 563 g/mol. The number of halogens is 3. The Labute approximate surface area is 232 Å². The summed E-state index contributed by atoms with van der Waals surface area (Å²) in [5.41, 5.74) is 2.35. The third kappa shape index (κ3) is 7.06. The fourth-order valence-corrected chi connectivity index (χ4v) is 5.17. The molecule has 1 heterocycles. The molecule has 2 N–H and O–H groups in total. The molecule has 0 atom stereocenters. The number of nitrogens with zero attached hydrogens (tertiary/aromatic N) is 2. The molecule has 1 aliphatic heterocycles. The van der Waals surface area contributed by atoms with Crippen molar-refractivity contribution in [1.82, 2.24) is 15.5 Å². The smallest absolute Gasteiger partial charge is 0.337 e. The Bertz CT molecular complexity index is 1220. The molecule has 2 aliphatic rings. The Balaban J connectivity index is 0.00000420. The van der Waals surface area contributed by atoms with Crippen molar-refractivity contribution in [2.45, 2.75) is 44.6 Å². The molecule has 0 saturated heterocycles. The highest BCUT2D eigenvalue weighted by Gasteiger charge is 2.32. The van der Waals surface area contributed by atoms with Crippen LogP contribution in [-0.2, 0) is 9.53 Å². The molecule has 2 aromatic rings. The van der Waals surface area contributed by atoms with E-state index in [4.69, 9.17) is 4.74 Å². The number of imide groups is 1. The van der Waals surface area contributed by atoms with Crippen LogP contribution in [0.15, 0.2) is 59.8 Å². The molecule has 2 aromatic carbocycles. The number of amides is 4. The largest absolute Gasteiger partial charge is 0.466 e. The minimum absolute atomic E-state index is 0. The van der Waals surface area contributed by atoms with E-state index in [0.717, 1.165) is 36.6 Å². The van der Waals surface area contributed by atoms with Crippen LogP contribution in [0.4, 0.5) is 24.1 Å². The van der Waals surface area contributed by atoms with Gasteiger partial charge < -0.3 is 20.3 Å². The zero-order valence-corrected chi connectivity index (χ0v) is 22.7. The van der Waals surface area contributed by atoms with Gasteiger partial charge in [-0.2, -0.15) is 0 Å². The van der Waals surface area contributed by atoms with Gasteiger partial charge in [-0.15, -0.1) is 12.4 Å². The first kappa shape index (κ1) is 29.9. The van der Waals surface area contributed by atoms with Crippen molar-refractivity contribution in [2.24, 2.45) is 0 Å². The normalized spacial score (nSPS) is 19.1. The summed E-state index contributed by atoms with van der Waals surface area (Å²) >= 11 is 0. The van der Waals surface area contributed by atoms with Crippen LogP contribution < -0.4 is 15.5 Å². The lowest BCUT2D eigenvalue weighted by Gasteiger charge is -2.39. The SMILES string of the molecule is COC(=O)C1=C(C)NC(=O)N(C(=O)NCCN(c2ccc(F)c(F)c2)C2CCC(c3ccccc3)CC2)C1.Cl. The Morgan fingerprint density at radius 1 is 1.08 bits per heavy atom. The van der Waals surface area contributed by atoms with Gasteiger partial charge in [0.25, 0.3) is 0 Å². The summed E-state index contributed by atoms with van der Waals surface area (Å²) in [6, 6.07) is 12.9. The maximum atomic E-state index is 14.1. The number of carbonyl (C=O) groups excluding carboxylic acids is 3. The third-order valence-electron chi connectivity index (χ3n) is 7.26. The van der Waals surface area contributed by atoms with E-state index in [1.807, 2.05) is 23.1 Å². The lowest BCUT2D eigenvalue weighted by molar-refractivity contribution is -0.136. The number of urea groups is 2. The molecule has 0 radical (unpaired) electrons. The van der Waals surface area contributed by atoms with Crippen molar-refractivity contribution in [2.75, 3.05) is 31.6 Å². The molecule has 8 nitrogen and oxygen atoms in total. The van der Waals surface area contributed by atoms with E-state index in [1.165, 1.54) is 24.8 Å². The van der Waals surface area contributed by atoms with Crippen molar-refractivity contribution < 1.29 is 27.9 Å². The highest BCUT2D eigenvalue weighted by atomic mass is 35.5. The minimum atomic E-state index is -0.933. The quantitative estimate of drug-likeness (QED) is 0.458. The molecule has 1 aliphatic carbocycles. The van der Waals surface area contributed by atoms with E-state index in [2.05, 4.69) is 22.8 Å². The number of methoxy groups -OCH3 is 1. The van der Waals surface area contributed by atoms with Gasteiger partial charge in [-0.3, -0.25) is 0 Å². The predicted octanol–water partition coefficient (Wildman–Crippen LogP) is 5.10. The first-order valence-corrected chi connectivity index (χ1v) is 12.7. The fourth-order valence-electron chi connectivity index (χ4n) is 5.17. The van der Waals surface area contributed by atoms with E-state index < -0.39 is 29.7 Å². The third-order valence-corrected chi connectivity index (χ3v) is 7.26. The lowest BCUT2D eigenvalue weighted by Crippen LogP contribution is -2.54. The second kappa shape index (κ2) is 13.4. The molecule has 210 valence electrons. The van der Waals surface area contributed by atoms with Gasteiger partial charge >= 0.3 is 18.0 Å². The maximum Gasteiger partial charge on any atom is 0.337 e. The average Bonchev–Trinajstić information content (AvgIpc) is 2.93. The van der Waals surface area contributed by atoms with Gasteiger partial charge in [0.05, 0.1) is 19.2 Å². The molecule has 0 spiro atoms. The van der Waals surface area contributed by atoms with Gasteiger partial charge in [0.15, 0.2) is 11.6 Å². The number of carbonyl (C=O) groups is 3. The second-order valence-electron chi connectivity index (χ2n) is 9.55. The molecule has 0 bridgehead atoms. The van der Waals surface area contributed by atoms with E-state index in [1.54, 1.807) is 6.92 Å². The summed E-state index contributed by atoms with van der Waals surface area (Å²) in [5.74, 6) is -2.04. The van der Waals surface area contributed by atoms with Gasteiger partial charge in [-0.05, 0) is 56.2 Å². The Hall–Kier alpha value is -3.66. The molecule has 4 amide bonds. The van der Waals surface area contributed by atoms with Gasteiger partial charge in [-0.25, -0.2) is 28.1 Å². The van der Waals surface area contributed by atoms with Crippen LogP contribution in [-0.4, -0.2) is 55.7 Å². The van der Waals surface area contributed by atoms with E-state index in [9.17, 15) is 23.2 Å². The van der Waals surface area contributed by atoms with Crippen LogP contribution in [0, 0.1) is 11.6 Å². The number of hydrogen-bond donors (Lipinski definition) is 2. The van der Waals surface area contributed by atoms with Crippen LogP contribution in [0.5, 0.6) is 0 Å². The fraction of sp³-hybridized carbons (Fsp3) is 0.393. The van der Waals surface area contributed by atoms with Crippen LogP contribution in [0.3, 0.4) is 0 Å². The predicted molar refractivity (Wildman–Crippen MR) is 146 cm³/mol. The number of anilines is 1. The first-order valence-electron chi connectivity index (χ1n) is 12.7. The number of esters is 1. The zero-order valence-electron chi connectivity index (χ0n) is 21.9. The molecule has 11 heteroatoms. The van der Waals surface area contributed by atoms with E-state index >= 15 is 0 Å². The molecule has 0 aromatic heterocycles. The van der Waals surface area contributed by atoms with Crippen molar-refractivity contribution in [1.29, 1.82) is 0 Å². The molecular weight excluding hydrogens is 530 g/mol. The van der Waals surface area contributed by atoms with Crippen molar-refractivity contribution in [3.8, 4) is 0 Å². The second-order valence-corrected chi connectivity index (χ2v) is 9.55.